The van der Waals surface area contributed by atoms with Gasteiger partial charge in [0.1, 0.15) is 0 Å². The molecule has 1 fully saturated rings. The van der Waals surface area contributed by atoms with Gasteiger partial charge in [0, 0.05) is 45.3 Å². The van der Waals surface area contributed by atoms with Crippen LogP contribution in [0.25, 0.3) is 0 Å². The lowest BCUT2D eigenvalue weighted by Crippen LogP contribution is -2.49. The normalized spacial score (nSPS) is 17.2. The maximum Gasteiger partial charge on any atom is 0.240 e. The zero-order valence-corrected chi connectivity index (χ0v) is 16.8. The second kappa shape index (κ2) is 8.53. The number of methoxy groups -OCH3 is 2. The quantitative estimate of drug-likeness (QED) is 0.623. The summed E-state index contributed by atoms with van der Waals surface area (Å²) in [5, 5.41) is 0. The van der Waals surface area contributed by atoms with Gasteiger partial charge in [-0.05, 0) is 12.1 Å². The molecule has 0 unspecified atom stereocenters. The predicted octanol–water partition coefficient (Wildman–Crippen LogP) is -0.441. The van der Waals surface area contributed by atoms with Crippen LogP contribution in [0.4, 0.5) is 0 Å². The predicted molar refractivity (Wildman–Crippen MR) is 97.6 cm³/mol. The highest BCUT2D eigenvalue weighted by atomic mass is 32.2. The third kappa shape index (κ3) is 5.30. The number of benzene rings is 1. The van der Waals surface area contributed by atoms with Gasteiger partial charge < -0.3 is 9.47 Å². The molecule has 1 aromatic carbocycles. The van der Waals surface area contributed by atoms with E-state index in [1.165, 1.54) is 43.0 Å². The molecule has 0 amide bonds. The minimum atomic E-state index is -3.67. The summed E-state index contributed by atoms with van der Waals surface area (Å²) in [6.45, 7) is 2.72. The van der Waals surface area contributed by atoms with Gasteiger partial charge in [0.2, 0.25) is 20.0 Å². The molecule has 1 aromatic rings. The van der Waals surface area contributed by atoms with Gasteiger partial charge in [-0.15, -0.1) is 0 Å². The Bertz CT molecular complexity index is 818. The number of hydrogen-bond acceptors (Lipinski definition) is 7. The summed E-state index contributed by atoms with van der Waals surface area (Å²) in [5.41, 5.74) is 0. The summed E-state index contributed by atoms with van der Waals surface area (Å²) in [5.74, 6) is 0.794. The molecular formula is C15H25N3O6S2. The van der Waals surface area contributed by atoms with E-state index < -0.39 is 20.0 Å². The van der Waals surface area contributed by atoms with Gasteiger partial charge >= 0.3 is 0 Å². The third-order valence-corrected chi connectivity index (χ3v) is 6.95. The molecule has 0 atom stereocenters. The molecule has 0 bridgehead atoms. The molecule has 1 N–H and O–H groups in total. The van der Waals surface area contributed by atoms with Crippen LogP contribution in [0.2, 0.25) is 0 Å². The zero-order chi connectivity index (χ0) is 19.4. The maximum atomic E-state index is 12.4. The Morgan fingerprint density at radius 1 is 1.00 bits per heavy atom. The first-order chi connectivity index (χ1) is 12.2. The van der Waals surface area contributed by atoms with Gasteiger partial charge in [0.25, 0.3) is 0 Å². The first-order valence-corrected chi connectivity index (χ1v) is 11.4. The average Bonchev–Trinajstić information content (AvgIpc) is 2.60. The topological polar surface area (TPSA) is 105 Å². The third-order valence-electron chi connectivity index (χ3n) is 4.19. The maximum absolute atomic E-state index is 12.4. The molecule has 9 nitrogen and oxygen atoms in total. The Balaban J connectivity index is 1.89. The van der Waals surface area contributed by atoms with Crippen molar-refractivity contribution >= 4 is 20.0 Å². The average molecular weight is 408 g/mol. The molecule has 0 radical (unpaired) electrons. The second-order valence-electron chi connectivity index (χ2n) is 5.92. The lowest BCUT2D eigenvalue weighted by atomic mass is 10.3. The molecule has 2 rings (SSSR count). The summed E-state index contributed by atoms with van der Waals surface area (Å²) >= 11 is 0. The highest BCUT2D eigenvalue weighted by Crippen LogP contribution is 2.29. The standard InChI is InChI=1S/C15H25N3O6S2/c1-23-14-5-4-13(12-15(14)24-2)26(21,22)16-6-7-17-8-10-18(11-9-17)25(3,19)20/h4-5,12,16H,6-11H2,1-3H3. The number of ether oxygens (including phenoxy) is 2. The van der Waals surface area contributed by atoms with Crippen molar-refractivity contribution in [3.05, 3.63) is 18.2 Å². The Morgan fingerprint density at radius 2 is 1.62 bits per heavy atom. The van der Waals surface area contributed by atoms with Gasteiger partial charge in [-0.1, -0.05) is 0 Å². The van der Waals surface area contributed by atoms with Crippen molar-refractivity contribution in [2.75, 3.05) is 59.7 Å². The number of hydrogen-bond donors (Lipinski definition) is 1. The van der Waals surface area contributed by atoms with Gasteiger partial charge in [-0.25, -0.2) is 21.6 Å². The summed E-state index contributed by atoms with van der Waals surface area (Å²) in [6.07, 6.45) is 1.19. The van der Waals surface area contributed by atoms with E-state index >= 15 is 0 Å². The lowest BCUT2D eigenvalue weighted by Gasteiger charge is -2.33. The van der Waals surface area contributed by atoms with Crippen molar-refractivity contribution < 1.29 is 26.3 Å². The van der Waals surface area contributed by atoms with E-state index in [0.29, 0.717) is 44.2 Å². The highest BCUT2D eigenvalue weighted by Gasteiger charge is 2.23. The molecular weight excluding hydrogens is 382 g/mol. The first kappa shape index (κ1) is 20.9. The Kier molecular flexibility index (Phi) is 6.86. The van der Waals surface area contributed by atoms with Crippen LogP contribution in [0.5, 0.6) is 11.5 Å². The van der Waals surface area contributed by atoms with Crippen LogP contribution < -0.4 is 14.2 Å². The van der Waals surface area contributed by atoms with Crippen molar-refractivity contribution in [2.24, 2.45) is 0 Å². The van der Waals surface area contributed by atoms with Crippen molar-refractivity contribution in [1.82, 2.24) is 13.9 Å². The van der Waals surface area contributed by atoms with E-state index in [2.05, 4.69) is 4.72 Å². The summed E-state index contributed by atoms with van der Waals surface area (Å²) < 4.78 is 62.0. The summed E-state index contributed by atoms with van der Waals surface area (Å²) in [7, 11) is -3.92. The molecule has 148 valence electrons. The molecule has 11 heteroatoms. The molecule has 1 saturated heterocycles. The van der Waals surface area contributed by atoms with Gasteiger partial charge in [-0.3, -0.25) is 4.90 Å². The Labute approximate surface area is 155 Å². The van der Waals surface area contributed by atoms with Crippen LogP contribution in [-0.2, 0) is 20.0 Å². The SMILES string of the molecule is COc1ccc(S(=O)(=O)NCCN2CCN(S(C)(=O)=O)CC2)cc1OC. The van der Waals surface area contributed by atoms with Crippen LogP contribution >= 0.6 is 0 Å². The van der Waals surface area contributed by atoms with Crippen LogP contribution in [0.1, 0.15) is 0 Å². The van der Waals surface area contributed by atoms with Crippen molar-refractivity contribution in [3.8, 4) is 11.5 Å². The van der Waals surface area contributed by atoms with E-state index in [0.717, 1.165) is 0 Å². The summed E-state index contributed by atoms with van der Waals surface area (Å²) in [6, 6.07) is 4.40. The van der Waals surface area contributed by atoms with Crippen LogP contribution in [-0.4, -0.2) is 85.8 Å². The molecule has 0 saturated carbocycles. The molecule has 1 aliphatic heterocycles. The van der Waals surface area contributed by atoms with Crippen LogP contribution in [0.3, 0.4) is 0 Å². The molecule has 0 spiro atoms. The highest BCUT2D eigenvalue weighted by molar-refractivity contribution is 7.89. The number of nitrogens with one attached hydrogen (secondary N) is 1. The lowest BCUT2D eigenvalue weighted by molar-refractivity contribution is 0.192. The summed E-state index contributed by atoms with van der Waals surface area (Å²) in [4.78, 5) is 2.12. The molecule has 1 heterocycles. The fourth-order valence-corrected chi connectivity index (χ4v) is 4.55. The van der Waals surface area contributed by atoms with E-state index in [-0.39, 0.29) is 11.4 Å². The van der Waals surface area contributed by atoms with E-state index in [1.54, 1.807) is 0 Å². The molecule has 26 heavy (non-hydrogen) atoms. The van der Waals surface area contributed by atoms with Crippen molar-refractivity contribution in [1.29, 1.82) is 0 Å². The van der Waals surface area contributed by atoms with E-state index in [1.807, 2.05) is 4.90 Å². The van der Waals surface area contributed by atoms with Crippen LogP contribution in [0.15, 0.2) is 23.1 Å². The number of sulfonamides is 2. The largest absolute Gasteiger partial charge is 0.493 e. The number of rotatable bonds is 8. The first-order valence-electron chi connectivity index (χ1n) is 8.06. The number of piperazine rings is 1. The smallest absolute Gasteiger partial charge is 0.240 e. The fraction of sp³-hybridized carbons (Fsp3) is 0.600. The van der Waals surface area contributed by atoms with E-state index in [4.69, 9.17) is 9.47 Å². The Hall–Kier alpha value is -1.40. The van der Waals surface area contributed by atoms with Crippen LogP contribution in [0, 0.1) is 0 Å². The minimum Gasteiger partial charge on any atom is -0.493 e. The van der Waals surface area contributed by atoms with Gasteiger partial charge in [-0.2, -0.15) is 4.31 Å². The molecule has 0 aromatic heterocycles. The van der Waals surface area contributed by atoms with Crippen molar-refractivity contribution in [2.45, 2.75) is 4.90 Å². The second-order valence-corrected chi connectivity index (χ2v) is 9.67. The molecule has 1 aliphatic rings. The zero-order valence-electron chi connectivity index (χ0n) is 15.1. The van der Waals surface area contributed by atoms with E-state index in [9.17, 15) is 16.8 Å². The Morgan fingerprint density at radius 3 is 2.15 bits per heavy atom. The van der Waals surface area contributed by atoms with Crippen molar-refractivity contribution in [3.63, 3.8) is 0 Å². The molecule has 0 aliphatic carbocycles. The minimum absolute atomic E-state index is 0.0945. The fourth-order valence-electron chi connectivity index (χ4n) is 2.69. The number of nitrogens with zero attached hydrogens (tertiary/aromatic N) is 2. The van der Waals surface area contributed by atoms with Gasteiger partial charge in [0.05, 0.1) is 25.4 Å². The van der Waals surface area contributed by atoms with Gasteiger partial charge in [0.15, 0.2) is 11.5 Å². The monoisotopic (exact) mass is 407 g/mol.